The summed E-state index contributed by atoms with van der Waals surface area (Å²) in [6.07, 6.45) is 0. The summed E-state index contributed by atoms with van der Waals surface area (Å²) in [7, 11) is 0. The van der Waals surface area contributed by atoms with Crippen molar-refractivity contribution >= 4 is 92.9 Å². The first-order valence-electron chi connectivity index (χ1n) is 15.8. The fourth-order valence-electron chi connectivity index (χ4n) is 7.38. The summed E-state index contributed by atoms with van der Waals surface area (Å²) in [5, 5.41) is 14.8. The second kappa shape index (κ2) is 9.69. The first-order chi connectivity index (χ1) is 22.8. The molecule has 0 aliphatic rings. The van der Waals surface area contributed by atoms with Gasteiger partial charge in [0.05, 0.1) is 0 Å². The SMILES string of the molecule is c1ccc2cc(N(c3ccc4c(c3)oc3ccccc34)c3ccc4ccc5ccc6ccc7ccccc7c6c5c4c3)ccc2c1. The van der Waals surface area contributed by atoms with Crippen LogP contribution in [0.5, 0.6) is 0 Å². The quantitative estimate of drug-likeness (QED) is 0.192. The molecule has 0 atom stereocenters. The maximum Gasteiger partial charge on any atom is 0.137 e. The molecule has 0 spiro atoms. The first-order valence-corrected chi connectivity index (χ1v) is 15.8. The van der Waals surface area contributed by atoms with Gasteiger partial charge in [-0.15, -0.1) is 0 Å². The molecule has 10 rings (SSSR count). The van der Waals surface area contributed by atoms with Crippen LogP contribution in [-0.4, -0.2) is 0 Å². The molecule has 0 amide bonds. The van der Waals surface area contributed by atoms with Crippen LogP contribution in [0.3, 0.4) is 0 Å². The third-order valence-corrected chi connectivity index (χ3v) is 9.56. The van der Waals surface area contributed by atoms with Crippen LogP contribution in [0.25, 0.3) is 75.8 Å². The van der Waals surface area contributed by atoms with Crippen molar-refractivity contribution in [3.05, 3.63) is 164 Å². The van der Waals surface area contributed by atoms with Crippen molar-refractivity contribution in [2.45, 2.75) is 0 Å². The van der Waals surface area contributed by atoms with E-state index in [4.69, 9.17) is 4.42 Å². The van der Waals surface area contributed by atoms with Crippen LogP contribution >= 0.6 is 0 Å². The smallest absolute Gasteiger partial charge is 0.137 e. The minimum Gasteiger partial charge on any atom is -0.456 e. The van der Waals surface area contributed by atoms with Crippen LogP contribution in [0.2, 0.25) is 0 Å². The summed E-state index contributed by atoms with van der Waals surface area (Å²) < 4.78 is 6.38. The summed E-state index contributed by atoms with van der Waals surface area (Å²) in [5.74, 6) is 0. The van der Waals surface area contributed by atoms with Gasteiger partial charge >= 0.3 is 0 Å². The summed E-state index contributed by atoms with van der Waals surface area (Å²) in [5.41, 5.74) is 5.04. The lowest BCUT2D eigenvalue weighted by Gasteiger charge is -2.26. The standard InChI is InChI=1S/C44H27NO/c1-2-9-33-25-34(21-19-28(33)7-1)45(36-23-24-39-38-11-5-6-12-41(38)46-42(39)27-36)35-22-20-30-14-16-32-18-17-31-15-13-29-8-3-4-10-37(29)43(31)44(32)40(30)26-35/h1-27H. The predicted octanol–water partition coefficient (Wildman–Crippen LogP) is 12.8. The van der Waals surface area contributed by atoms with Gasteiger partial charge < -0.3 is 9.32 Å². The lowest BCUT2D eigenvalue weighted by atomic mass is 9.92. The number of para-hydroxylation sites is 1. The van der Waals surface area contributed by atoms with E-state index in [-0.39, 0.29) is 0 Å². The molecule has 0 saturated heterocycles. The van der Waals surface area contributed by atoms with Crippen LogP contribution in [0.15, 0.2) is 168 Å². The lowest BCUT2D eigenvalue weighted by molar-refractivity contribution is 0.669. The monoisotopic (exact) mass is 585 g/mol. The summed E-state index contributed by atoms with van der Waals surface area (Å²) >= 11 is 0. The number of hydrogen-bond acceptors (Lipinski definition) is 2. The van der Waals surface area contributed by atoms with Crippen LogP contribution in [0, 0.1) is 0 Å². The minimum atomic E-state index is 0.883. The molecule has 9 aromatic carbocycles. The highest BCUT2D eigenvalue weighted by atomic mass is 16.3. The Balaban J connectivity index is 1.27. The van der Waals surface area contributed by atoms with E-state index in [1.54, 1.807) is 0 Å². The van der Waals surface area contributed by atoms with Crippen molar-refractivity contribution in [2.24, 2.45) is 0 Å². The number of benzene rings is 9. The number of hydrogen-bond donors (Lipinski definition) is 0. The Morgan fingerprint density at radius 1 is 0.304 bits per heavy atom. The highest BCUT2D eigenvalue weighted by Gasteiger charge is 2.18. The first kappa shape index (κ1) is 25.2. The van der Waals surface area contributed by atoms with Gasteiger partial charge in [-0.1, -0.05) is 115 Å². The summed E-state index contributed by atoms with van der Waals surface area (Å²) in [4.78, 5) is 2.36. The van der Waals surface area contributed by atoms with Crippen LogP contribution in [0.4, 0.5) is 17.1 Å². The van der Waals surface area contributed by atoms with Crippen molar-refractivity contribution in [3.8, 4) is 0 Å². The molecule has 10 aromatic rings. The van der Waals surface area contributed by atoms with Crippen molar-refractivity contribution < 1.29 is 4.42 Å². The van der Waals surface area contributed by atoms with Gasteiger partial charge in [0, 0.05) is 33.9 Å². The summed E-state index contributed by atoms with van der Waals surface area (Å²) in [6.45, 7) is 0. The zero-order chi connectivity index (χ0) is 30.2. The second-order valence-corrected chi connectivity index (χ2v) is 12.2. The van der Waals surface area contributed by atoms with Crippen molar-refractivity contribution in [1.29, 1.82) is 0 Å². The minimum absolute atomic E-state index is 0.883. The van der Waals surface area contributed by atoms with Crippen molar-refractivity contribution in [1.82, 2.24) is 0 Å². The van der Waals surface area contributed by atoms with Crippen molar-refractivity contribution in [3.63, 3.8) is 0 Å². The molecule has 0 N–H and O–H groups in total. The Morgan fingerprint density at radius 2 is 0.804 bits per heavy atom. The fraction of sp³-hybridized carbons (Fsp3) is 0. The van der Waals surface area contributed by atoms with Crippen LogP contribution in [0.1, 0.15) is 0 Å². The summed E-state index contributed by atoms with van der Waals surface area (Å²) in [6, 6.07) is 59.3. The van der Waals surface area contributed by atoms with Gasteiger partial charge in [0.15, 0.2) is 0 Å². The molecular formula is C44H27NO. The van der Waals surface area contributed by atoms with E-state index in [0.717, 1.165) is 39.0 Å². The van der Waals surface area contributed by atoms with E-state index in [9.17, 15) is 0 Å². The Morgan fingerprint density at radius 3 is 1.61 bits per heavy atom. The number of rotatable bonds is 3. The third-order valence-electron chi connectivity index (χ3n) is 9.56. The maximum absolute atomic E-state index is 6.38. The molecule has 0 saturated carbocycles. The molecular weight excluding hydrogens is 558 g/mol. The molecule has 0 unspecified atom stereocenters. The van der Waals surface area contributed by atoms with Gasteiger partial charge in [0.1, 0.15) is 11.2 Å². The van der Waals surface area contributed by atoms with E-state index in [2.05, 4.69) is 157 Å². The van der Waals surface area contributed by atoms with Gasteiger partial charge in [-0.25, -0.2) is 0 Å². The molecule has 2 nitrogen and oxygen atoms in total. The number of anilines is 3. The molecule has 0 bridgehead atoms. The average Bonchev–Trinajstić information content (AvgIpc) is 3.49. The van der Waals surface area contributed by atoms with Gasteiger partial charge in [-0.3, -0.25) is 0 Å². The van der Waals surface area contributed by atoms with E-state index >= 15 is 0 Å². The molecule has 1 heterocycles. The largest absolute Gasteiger partial charge is 0.456 e. The Kier molecular flexibility index (Phi) is 5.31. The van der Waals surface area contributed by atoms with Gasteiger partial charge in [-0.05, 0) is 96.3 Å². The Bertz CT molecular complexity index is 2810. The zero-order valence-corrected chi connectivity index (χ0v) is 24.9. The maximum atomic E-state index is 6.38. The molecule has 0 fully saturated rings. The van der Waals surface area contributed by atoms with Gasteiger partial charge in [-0.2, -0.15) is 0 Å². The molecule has 0 aliphatic carbocycles. The molecule has 214 valence electrons. The molecule has 2 heteroatoms. The number of nitrogens with zero attached hydrogens (tertiary/aromatic N) is 1. The molecule has 0 aliphatic heterocycles. The van der Waals surface area contributed by atoms with Gasteiger partial charge in [0.25, 0.3) is 0 Å². The van der Waals surface area contributed by atoms with E-state index in [0.29, 0.717) is 0 Å². The van der Waals surface area contributed by atoms with Gasteiger partial charge in [0.2, 0.25) is 0 Å². The zero-order valence-electron chi connectivity index (χ0n) is 24.9. The third kappa shape index (κ3) is 3.77. The van der Waals surface area contributed by atoms with E-state index in [1.165, 1.54) is 53.9 Å². The Labute approximate surface area is 265 Å². The molecule has 0 radical (unpaired) electrons. The van der Waals surface area contributed by atoms with E-state index in [1.807, 2.05) is 12.1 Å². The van der Waals surface area contributed by atoms with Crippen LogP contribution < -0.4 is 4.90 Å². The fourth-order valence-corrected chi connectivity index (χ4v) is 7.38. The Hall–Kier alpha value is -6.12. The topological polar surface area (TPSA) is 16.4 Å². The highest BCUT2D eigenvalue weighted by molar-refractivity contribution is 6.27. The second-order valence-electron chi connectivity index (χ2n) is 12.2. The highest BCUT2D eigenvalue weighted by Crippen LogP contribution is 2.42. The normalized spacial score (nSPS) is 11.9. The van der Waals surface area contributed by atoms with E-state index < -0.39 is 0 Å². The number of fused-ring (bicyclic) bond motifs is 11. The molecule has 1 aromatic heterocycles. The lowest BCUT2D eigenvalue weighted by Crippen LogP contribution is -2.09. The average molecular weight is 586 g/mol. The predicted molar refractivity (Wildman–Crippen MR) is 196 cm³/mol. The number of furan rings is 1. The van der Waals surface area contributed by atoms with Crippen molar-refractivity contribution in [2.75, 3.05) is 4.90 Å². The van der Waals surface area contributed by atoms with Crippen LogP contribution in [-0.2, 0) is 0 Å². The molecule has 46 heavy (non-hydrogen) atoms.